The Morgan fingerprint density at radius 2 is 1.77 bits per heavy atom. The lowest BCUT2D eigenvalue weighted by molar-refractivity contribution is 0.146. The predicted octanol–water partition coefficient (Wildman–Crippen LogP) is 4.48. The third-order valence-electron chi connectivity index (χ3n) is 5.21. The second kappa shape index (κ2) is 5.58. The molecule has 3 heterocycles. The molecular weight excluding hydrogens is 342 g/mol. The fourth-order valence-corrected chi connectivity index (χ4v) is 4.80. The number of nitrogens with zero attached hydrogens (tertiary/aromatic N) is 1. The van der Waals surface area contributed by atoms with E-state index in [1.807, 2.05) is 55.6 Å². The molecule has 4 heteroatoms. The van der Waals surface area contributed by atoms with Crippen molar-refractivity contribution in [2.75, 3.05) is 0 Å². The van der Waals surface area contributed by atoms with Gasteiger partial charge < -0.3 is 9.30 Å². The summed E-state index contributed by atoms with van der Waals surface area (Å²) in [5.74, 6) is 0.723. The number of para-hydroxylation sites is 1. The van der Waals surface area contributed by atoms with Crippen LogP contribution < -0.4 is 10.3 Å². The number of aryl methyl sites for hydroxylation is 1. The van der Waals surface area contributed by atoms with Crippen LogP contribution in [0.25, 0.3) is 10.9 Å². The molecule has 0 N–H and O–H groups in total. The van der Waals surface area contributed by atoms with E-state index in [2.05, 4.69) is 23.6 Å². The standard InChI is InChI=1S/C22H17NO2S/c1-23-18-11-6-5-10-16(18)20-17(21(23)24)14-22(25-20,19-12-7-13-26-19)15-8-3-2-4-9-15/h2-13H,14H2,1H3. The van der Waals surface area contributed by atoms with Gasteiger partial charge in [0.05, 0.1) is 16.0 Å². The van der Waals surface area contributed by atoms with Crippen LogP contribution in [0.1, 0.15) is 16.0 Å². The summed E-state index contributed by atoms with van der Waals surface area (Å²) >= 11 is 1.67. The molecule has 0 radical (unpaired) electrons. The molecule has 0 spiro atoms. The maximum atomic E-state index is 13.0. The molecule has 1 unspecified atom stereocenters. The van der Waals surface area contributed by atoms with Gasteiger partial charge in [0.2, 0.25) is 0 Å². The number of pyridine rings is 1. The molecule has 0 aliphatic carbocycles. The number of hydrogen-bond donors (Lipinski definition) is 0. The van der Waals surface area contributed by atoms with Crippen molar-refractivity contribution in [3.8, 4) is 5.75 Å². The lowest BCUT2D eigenvalue weighted by atomic mass is 9.88. The molecule has 0 saturated heterocycles. The van der Waals surface area contributed by atoms with Gasteiger partial charge in [-0.25, -0.2) is 0 Å². The van der Waals surface area contributed by atoms with Crippen LogP contribution in [0.5, 0.6) is 5.75 Å². The molecule has 128 valence electrons. The van der Waals surface area contributed by atoms with Gasteiger partial charge in [0.1, 0.15) is 5.75 Å². The molecule has 3 nitrogen and oxygen atoms in total. The number of aromatic nitrogens is 1. The minimum Gasteiger partial charge on any atom is -0.475 e. The molecule has 1 aliphatic heterocycles. The predicted molar refractivity (Wildman–Crippen MR) is 105 cm³/mol. The Hall–Kier alpha value is -2.85. The summed E-state index contributed by atoms with van der Waals surface area (Å²) < 4.78 is 8.40. The third kappa shape index (κ3) is 2.02. The third-order valence-corrected chi connectivity index (χ3v) is 6.22. The highest BCUT2D eigenvalue weighted by atomic mass is 32.1. The Bertz CT molecular complexity index is 1160. The summed E-state index contributed by atoms with van der Waals surface area (Å²) in [5.41, 5.74) is 2.10. The smallest absolute Gasteiger partial charge is 0.257 e. The summed E-state index contributed by atoms with van der Waals surface area (Å²) in [5, 5.41) is 3.04. The number of hydrogen-bond acceptors (Lipinski definition) is 3. The van der Waals surface area contributed by atoms with Crippen LogP contribution in [0.3, 0.4) is 0 Å². The first-order valence-electron chi connectivity index (χ1n) is 8.60. The maximum absolute atomic E-state index is 13.0. The molecule has 0 amide bonds. The lowest BCUT2D eigenvalue weighted by Gasteiger charge is -2.28. The number of fused-ring (bicyclic) bond motifs is 3. The van der Waals surface area contributed by atoms with Crippen molar-refractivity contribution < 1.29 is 4.74 Å². The molecular formula is C22H17NO2S. The second-order valence-electron chi connectivity index (χ2n) is 6.64. The molecule has 2 aromatic heterocycles. The van der Waals surface area contributed by atoms with E-state index in [1.165, 1.54) is 0 Å². The van der Waals surface area contributed by atoms with Crippen molar-refractivity contribution in [2.45, 2.75) is 12.0 Å². The van der Waals surface area contributed by atoms with Gasteiger partial charge in [-0.05, 0) is 23.6 Å². The minimum atomic E-state index is -0.645. The van der Waals surface area contributed by atoms with E-state index in [-0.39, 0.29) is 5.56 Å². The fraction of sp³-hybridized carbons (Fsp3) is 0.136. The van der Waals surface area contributed by atoms with Gasteiger partial charge in [0.25, 0.3) is 5.56 Å². The Kier molecular flexibility index (Phi) is 3.31. The van der Waals surface area contributed by atoms with Crippen molar-refractivity contribution in [2.24, 2.45) is 7.05 Å². The van der Waals surface area contributed by atoms with E-state index in [1.54, 1.807) is 15.9 Å². The van der Waals surface area contributed by atoms with Crippen LogP contribution in [0.4, 0.5) is 0 Å². The Morgan fingerprint density at radius 1 is 1.00 bits per heavy atom. The highest BCUT2D eigenvalue weighted by Crippen LogP contribution is 2.48. The minimum absolute atomic E-state index is 0.0214. The Labute approximate surface area is 155 Å². The Morgan fingerprint density at radius 3 is 2.54 bits per heavy atom. The van der Waals surface area contributed by atoms with E-state index >= 15 is 0 Å². The summed E-state index contributed by atoms with van der Waals surface area (Å²) in [7, 11) is 1.83. The van der Waals surface area contributed by atoms with Crippen LogP contribution in [0, 0.1) is 0 Å². The van der Waals surface area contributed by atoms with Gasteiger partial charge in [-0.2, -0.15) is 0 Å². The van der Waals surface area contributed by atoms with Crippen molar-refractivity contribution in [1.29, 1.82) is 0 Å². The van der Waals surface area contributed by atoms with Crippen LogP contribution in [-0.2, 0) is 19.1 Å². The molecule has 2 aromatic carbocycles. The monoisotopic (exact) mass is 359 g/mol. The average molecular weight is 359 g/mol. The molecule has 0 fully saturated rings. The first kappa shape index (κ1) is 15.4. The van der Waals surface area contributed by atoms with Crippen LogP contribution in [0.2, 0.25) is 0 Å². The molecule has 0 bridgehead atoms. The fourth-order valence-electron chi connectivity index (χ4n) is 3.92. The summed E-state index contributed by atoms with van der Waals surface area (Å²) in [6, 6.07) is 22.3. The molecule has 26 heavy (non-hydrogen) atoms. The van der Waals surface area contributed by atoms with E-state index in [9.17, 15) is 4.79 Å². The van der Waals surface area contributed by atoms with Crippen molar-refractivity contribution in [3.05, 3.63) is 98.5 Å². The van der Waals surface area contributed by atoms with E-state index in [0.717, 1.165) is 32.7 Å². The number of ether oxygens (including phenoxy) is 1. The summed E-state index contributed by atoms with van der Waals surface area (Å²) in [6.45, 7) is 0. The second-order valence-corrected chi connectivity index (χ2v) is 7.59. The van der Waals surface area contributed by atoms with Crippen molar-refractivity contribution >= 4 is 22.2 Å². The highest BCUT2D eigenvalue weighted by molar-refractivity contribution is 7.10. The van der Waals surface area contributed by atoms with Crippen molar-refractivity contribution in [3.63, 3.8) is 0 Å². The largest absolute Gasteiger partial charge is 0.475 e. The zero-order valence-electron chi connectivity index (χ0n) is 14.3. The van der Waals surface area contributed by atoms with Gasteiger partial charge in [0.15, 0.2) is 5.60 Å². The average Bonchev–Trinajstić information content (AvgIpc) is 3.36. The van der Waals surface area contributed by atoms with Crippen LogP contribution in [-0.4, -0.2) is 4.57 Å². The zero-order chi connectivity index (χ0) is 17.7. The normalized spacial score (nSPS) is 18.7. The lowest BCUT2D eigenvalue weighted by Crippen LogP contribution is -2.32. The van der Waals surface area contributed by atoms with Crippen LogP contribution in [0.15, 0.2) is 76.9 Å². The van der Waals surface area contributed by atoms with Crippen molar-refractivity contribution in [1.82, 2.24) is 4.57 Å². The van der Waals surface area contributed by atoms with Gasteiger partial charge in [-0.3, -0.25) is 4.79 Å². The first-order valence-corrected chi connectivity index (χ1v) is 9.48. The summed E-state index contributed by atoms with van der Waals surface area (Å²) in [4.78, 5) is 14.2. The SMILES string of the molecule is Cn1c(=O)c2c(c3ccccc31)OC(c1ccccc1)(c1cccs1)C2. The number of benzene rings is 2. The van der Waals surface area contributed by atoms with Gasteiger partial charge in [-0.15, -0.1) is 11.3 Å². The molecule has 5 rings (SSSR count). The van der Waals surface area contributed by atoms with E-state index in [0.29, 0.717) is 6.42 Å². The summed E-state index contributed by atoms with van der Waals surface area (Å²) in [6.07, 6.45) is 0.546. The van der Waals surface area contributed by atoms with Gasteiger partial charge >= 0.3 is 0 Å². The first-order chi connectivity index (χ1) is 12.7. The maximum Gasteiger partial charge on any atom is 0.257 e. The Balaban J connectivity index is 1.82. The van der Waals surface area contributed by atoms with Crippen LogP contribution >= 0.6 is 11.3 Å². The topological polar surface area (TPSA) is 31.2 Å². The number of thiophene rings is 1. The highest BCUT2D eigenvalue weighted by Gasteiger charge is 2.45. The van der Waals surface area contributed by atoms with Gasteiger partial charge in [-0.1, -0.05) is 48.5 Å². The zero-order valence-corrected chi connectivity index (χ0v) is 15.1. The van der Waals surface area contributed by atoms with E-state index in [4.69, 9.17) is 4.74 Å². The molecule has 1 aliphatic rings. The molecule has 1 atom stereocenters. The number of rotatable bonds is 2. The molecule has 0 saturated carbocycles. The van der Waals surface area contributed by atoms with E-state index < -0.39 is 5.60 Å². The molecule has 4 aromatic rings. The van der Waals surface area contributed by atoms with Gasteiger partial charge in [0, 0.05) is 24.4 Å². The quantitative estimate of drug-likeness (QED) is 0.528.